The van der Waals surface area contributed by atoms with Crippen molar-refractivity contribution >= 4 is 11.6 Å². The lowest BCUT2D eigenvalue weighted by Gasteiger charge is -1.90. The summed E-state index contributed by atoms with van der Waals surface area (Å²) in [5.74, 6) is 0. The summed E-state index contributed by atoms with van der Waals surface area (Å²) >= 11 is 4.20. The summed E-state index contributed by atoms with van der Waals surface area (Å²) in [5.41, 5.74) is -2.51. The molecular weight excluding hydrogens is 179 g/mol. The first-order chi connectivity index (χ1) is 5.06. The minimum absolute atomic E-state index is 1.09. The Morgan fingerprint density at radius 1 is 1.18 bits per heavy atom. The van der Waals surface area contributed by atoms with E-state index in [0.29, 0.717) is 0 Å². The molecule has 0 spiro atoms. The summed E-state index contributed by atoms with van der Waals surface area (Å²) in [7, 11) is 0. The Labute approximate surface area is 69.9 Å². The Kier molecular flexibility index (Phi) is 12.4. The molecule has 0 bridgehead atoms. The fourth-order valence-corrected chi connectivity index (χ4v) is 0.250. The largest absolute Gasteiger partial charge is 0.317 e. The van der Waals surface area contributed by atoms with Gasteiger partial charge in [0.2, 0.25) is 5.63 Å². The van der Waals surface area contributed by atoms with Crippen molar-refractivity contribution in [2.24, 2.45) is 0 Å². The Hall–Kier alpha value is 0.0400. The lowest BCUT2D eigenvalue weighted by atomic mass is 10.7. The maximum absolute atomic E-state index is 10.8. The highest BCUT2D eigenvalue weighted by molar-refractivity contribution is 6.19. The molecule has 1 unspecified atom stereocenters. The Morgan fingerprint density at radius 3 is 1.45 bits per heavy atom. The number of alkyl halides is 4. The van der Waals surface area contributed by atoms with E-state index in [1.807, 2.05) is 0 Å². The number of halogens is 4. The molecule has 11 heavy (non-hydrogen) atoms. The van der Waals surface area contributed by atoms with Gasteiger partial charge in [-0.05, 0) is 13.1 Å². The van der Waals surface area contributed by atoms with Crippen LogP contribution in [-0.4, -0.2) is 25.1 Å². The van der Waals surface area contributed by atoms with Crippen molar-refractivity contribution in [3.05, 3.63) is 0 Å². The smallest absolute Gasteiger partial charge is 0.283 e. The standard InChI is InChI=1S/C4H11N.C2H2ClF3/c1-3-5-4-2;3-1(4)2(5)6/h5H,3-4H2,1-2H3;1-2H. The minimum Gasteiger partial charge on any atom is -0.317 e. The quantitative estimate of drug-likeness (QED) is 0.676. The summed E-state index contributed by atoms with van der Waals surface area (Å²) in [6, 6.07) is 0. The monoisotopic (exact) mass is 191 g/mol. The van der Waals surface area contributed by atoms with Gasteiger partial charge in [0.15, 0.2) is 0 Å². The maximum atomic E-state index is 10.8. The van der Waals surface area contributed by atoms with Gasteiger partial charge in [0.05, 0.1) is 0 Å². The van der Waals surface area contributed by atoms with Crippen molar-refractivity contribution in [3.63, 3.8) is 0 Å². The Balaban J connectivity index is 0. The van der Waals surface area contributed by atoms with Crippen LogP contribution < -0.4 is 5.32 Å². The van der Waals surface area contributed by atoms with E-state index in [9.17, 15) is 13.2 Å². The van der Waals surface area contributed by atoms with E-state index in [1.54, 1.807) is 0 Å². The van der Waals surface area contributed by atoms with E-state index in [1.165, 1.54) is 0 Å². The van der Waals surface area contributed by atoms with Crippen LogP contribution in [0.3, 0.4) is 0 Å². The van der Waals surface area contributed by atoms with E-state index >= 15 is 0 Å². The van der Waals surface area contributed by atoms with Crippen molar-refractivity contribution in [1.29, 1.82) is 0 Å². The van der Waals surface area contributed by atoms with Gasteiger partial charge in [0.1, 0.15) is 0 Å². The fourth-order valence-electron chi connectivity index (χ4n) is 0.250. The van der Waals surface area contributed by atoms with Gasteiger partial charge in [-0.3, -0.25) is 0 Å². The van der Waals surface area contributed by atoms with Gasteiger partial charge in [0, 0.05) is 0 Å². The second-order valence-electron chi connectivity index (χ2n) is 1.63. The van der Waals surface area contributed by atoms with E-state index < -0.39 is 12.1 Å². The van der Waals surface area contributed by atoms with Gasteiger partial charge in [-0.2, -0.15) is 0 Å². The summed E-state index contributed by atoms with van der Waals surface area (Å²) in [6.07, 6.45) is -3.05. The molecule has 1 atom stereocenters. The predicted molar refractivity (Wildman–Crippen MR) is 41.0 cm³/mol. The highest BCUT2D eigenvalue weighted by Crippen LogP contribution is 2.07. The molecule has 1 N–H and O–H groups in total. The average Bonchev–Trinajstić information content (AvgIpc) is 1.90. The molecule has 0 aliphatic rings. The van der Waals surface area contributed by atoms with Crippen LogP contribution in [0, 0.1) is 0 Å². The summed E-state index contributed by atoms with van der Waals surface area (Å²) in [4.78, 5) is 0. The molecule has 0 saturated carbocycles. The average molecular weight is 192 g/mol. The molecule has 70 valence electrons. The molecule has 0 heterocycles. The third-order valence-electron chi connectivity index (χ3n) is 0.690. The van der Waals surface area contributed by atoms with Crippen LogP contribution in [0.25, 0.3) is 0 Å². The van der Waals surface area contributed by atoms with Crippen molar-refractivity contribution in [1.82, 2.24) is 5.32 Å². The molecule has 0 aromatic heterocycles. The van der Waals surface area contributed by atoms with E-state index in [0.717, 1.165) is 13.1 Å². The number of nitrogens with one attached hydrogen (secondary N) is 1. The van der Waals surface area contributed by atoms with Crippen LogP contribution in [0.5, 0.6) is 0 Å². The van der Waals surface area contributed by atoms with Crippen molar-refractivity contribution in [3.8, 4) is 0 Å². The second kappa shape index (κ2) is 10.0. The molecule has 0 aromatic carbocycles. The highest BCUT2D eigenvalue weighted by atomic mass is 35.5. The summed E-state index contributed by atoms with van der Waals surface area (Å²) in [6.45, 7) is 6.39. The molecule has 5 heteroatoms. The molecule has 0 saturated heterocycles. The van der Waals surface area contributed by atoms with Gasteiger partial charge < -0.3 is 5.32 Å². The van der Waals surface area contributed by atoms with Gasteiger partial charge >= 0.3 is 0 Å². The lowest BCUT2D eigenvalue weighted by Crippen LogP contribution is -2.09. The Bertz CT molecular complexity index is 62.8. The number of hydrogen-bond donors (Lipinski definition) is 1. The maximum Gasteiger partial charge on any atom is 0.283 e. The van der Waals surface area contributed by atoms with Crippen LogP contribution in [0.2, 0.25) is 0 Å². The molecule has 1 nitrogen and oxygen atoms in total. The van der Waals surface area contributed by atoms with Crippen LogP contribution in [0.4, 0.5) is 13.2 Å². The number of hydrogen-bond acceptors (Lipinski definition) is 1. The van der Waals surface area contributed by atoms with Gasteiger partial charge in [-0.25, -0.2) is 13.2 Å². The zero-order valence-corrected chi connectivity index (χ0v) is 7.34. The fraction of sp³-hybridized carbons (Fsp3) is 1.00. The molecule has 0 aliphatic carbocycles. The zero-order chi connectivity index (χ0) is 9.28. The third-order valence-corrected chi connectivity index (χ3v) is 0.881. The molecule has 0 fully saturated rings. The van der Waals surface area contributed by atoms with Gasteiger partial charge in [0.25, 0.3) is 6.43 Å². The first kappa shape index (κ1) is 13.6. The van der Waals surface area contributed by atoms with Crippen LogP contribution in [0.1, 0.15) is 13.8 Å². The van der Waals surface area contributed by atoms with Crippen LogP contribution in [0.15, 0.2) is 0 Å². The number of rotatable bonds is 3. The van der Waals surface area contributed by atoms with Crippen molar-refractivity contribution in [2.75, 3.05) is 13.1 Å². The molecule has 0 amide bonds. The Morgan fingerprint density at radius 2 is 1.45 bits per heavy atom. The van der Waals surface area contributed by atoms with Gasteiger partial charge in [-0.15, -0.1) is 0 Å². The molecular formula is C6H13ClF3N. The minimum atomic E-state index is -3.05. The molecule has 0 radical (unpaired) electrons. The second-order valence-corrected chi connectivity index (χ2v) is 2.04. The van der Waals surface area contributed by atoms with Crippen LogP contribution in [-0.2, 0) is 0 Å². The first-order valence-corrected chi connectivity index (χ1v) is 3.76. The SMILES string of the molecule is CCNCC.FC(F)C(F)Cl. The summed E-state index contributed by atoms with van der Waals surface area (Å²) < 4.78 is 32.1. The molecule has 0 aromatic rings. The summed E-state index contributed by atoms with van der Waals surface area (Å²) in [5, 5.41) is 3.11. The zero-order valence-electron chi connectivity index (χ0n) is 6.58. The predicted octanol–water partition coefficient (Wildman–Crippen LogP) is 2.40. The van der Waals surface area contributed by atoms with E-state index in [-0.39, 0.29) is 0 Å². The topological polar surface area (TPSA) is 12.0 Å². The third kappa shape index (κ3) is 17.8. The van der Waals surface area contributed by atoms with E-state index in [4.69, 9.17) is 0 Å². The van der Waals surface area contributed by atoms with Crippen molar-refractivity contribution in [2.45, 2.75) is 25.9 Å². The van der Waals surface area contributed by atoms with Crippen molar-refractivity contribution < 1.29 is 13.2 Å². The van der Waals surface area contributed by atoms with Crippen LogP contribution >= 0.6 is 11.6 Å². The van der Waals surface area contributed by atoms with E-state index in [2.05, 4.69) is 30.8 Å². The first-order valence-electron chi connectivity index (χ1n) is 3.33. The highest BCUT2D eigenvalue weighted by Gasteiger charge is 2.13. The van der Waals surface area contributed by atoms with Gasteiger partial charge in [-0.1, -0.05) is 25.4 Å². The molecule has 0 rings (SSSR count). The molecule has 0 aliphatic heterocycles. The lowest BCUT2D eigenvalue weighted by molar-refractivity contribution is 0.0916. The normalized spacial score (nSPS) is 12.3.